The van der Waals surface area contributed by atoms with Crippen LogP contribution in [-0.4, -0.2) is 25.9 Å². The van der Waals surface area contributed by atoms with E-state index in [2.05, 4.69) is 29.4 Å². The molecule has 34 heavy (non-hydrogen) atoms. The third-order valence-electron chi connectivity index (χ3n) is 5.58. The number of aryl methyl sites for hydroxylation is 1. The largest absolute Gasteiger partial charge is 0.325 e. The minimum Gasteiger partial charge on any atom is -0.325 e. The summed E-state index contributed by atoms with van der Waals surface area (Å²) < 4.78 is 15.4. The van der Waals surface area contributed by atoms with Gasteiger partial charge in [0.05, 0.1) is 5.25 Å². The number of amides is 1. The van der Waals surface area contributed by atoms with Crippen molar-refractivity contribution in [1.29, 1.82) is 0 Å². The van der Waals surface area contributed by atoms with Crippen molar-refractivity contribution in [3.63, 3.8) is 0 Å². The Bertz CT molecular complexity index is 1290. The Balaban J connectivity index is 1.64. The van der Waals surface area contributed by atoms with Crippen molar-refractivity contribution in [3.8, 4) is 17.1 Å². The first-order chi connectivity index (χ1) is 16.3. The lowest BCUT2D eigenvalue weighted by Gasteiger charge is -2.19. The lowest BCUT2D eigenvalue weighted by atomic mass is 9.98. The van der Waals surface area contributed by atoms with E-state index in [0.717, 1.165) is 28.1 Å². The van der Waals surface area contributed by atoms with Crippen molar-refractivity contribution in [2.24, 2.45) is 0 Å². The molecule has 4 rings (SSSR count). The summed E-state index contributed by atoms with van der Waals surface area (Å²) in [6.45, 7) is 8.08. The highest BCUT2D eigenvalue weighted by Crippen LogP contribution is 2.32. The third-order valence-corrected chi connectivity index (χ3v) is 6.62. The number of thioether (sulfide) groups is 1. The molecule has 0 radical (unpaired) electrons. The molecular weight excluding hydrogens is 447 g/mol. The van der Waals surface area contributed by atoms with Gasteiger partial charge in [-0.3, -0.25) is 9.36 Å². The van der Waals surface area contributed by atoms with Crippen LogP contribution in [0, 0.1) is 12.7 Å². The molecule has 0 aliphatic carbocycles. The van der Waals surface area contributed by atoms with Crippen molar-refractivity contribution in [2.75, 3.05) is 5.32 Å². The Morgan fingerprint density at radius 1 is 0.941 bits per heavy atom. The summed E-state index contributed by atoms with van der Waals surface area (Å²) in [5, 5.41) is 12.1. The number of hydrogen-bond acceptors (Lipinski definition) is 4. The first kappa shape index (κ1) is 23.7. The van der Waals surface area contributed by atoms with Crippen LogP contribution in [0.1, 0.15) is 37.8 Å². The molecule has 0 aliphatic heterocycles. The van der Waals surface area contributed by atoms with Crippen molar-refractivity contribution in [3.05, 3.63) is 89.7 Å². The second-order valence-corrected chi connectivity index (χ2v) is 9.74. The number of rotatable bonds is 7. The summed E-state index contributed by atoms with van der Waals surface area (Å²) in [5.74, 6) is 0.457. The molecule has 0 aliphatic rings. The summed E-state index contributed by atoms with van der Waals surface area (Å²) in [4.78, 5) is 13.2. The predicted molar refractivity (Wildman–Crippen MR) is 136 cm³/mol. The van der Waals surface area contributed by atoms with E-state index in [9.17, 15) is 9.18 Å². The van der Waals surface area contributed by atoms with Crippen LogP contribution in [-0.2, 0) is 4.79 Å². The zero-order valence-corrected chi connectivity index (χ0v) is 20.4. The average molecular weight is 475 g/mol. The van der Waals surface area contributed by atoms with E-state index in [4.69, 9.17) is 0 Å². The molecule has 1 amide bonds. The van der Waals surface area contributed by atoms with Crippen molar-refractivity contribution in [2.45, 2.75) is 44.0 Å². The van der Waals surface area contributed by atoms with E-state index >= 15 is 0 Å². The fourth-order valence-corrected chi connectivity index (χ4v) is 4.59. The van der Waals surface area contributed by atoms with E-state index in [-0.39, 0.29) is 17.6 Å². The number of carbonyl (C=O) groups excluding carboxylic acids is 1. The van der Waals surface area contributed by atoms with Gasteiger partial charge in [0.1, 0.15) is 5.82 Å². The van der Waals surface area contributed by atoms with Gasteiger partial charge in [0.2, 0.25) is 5.91 Å². The van der Waals surface area contributed by atoms with Crippen LogP contribution in [0.3, 0.4) is 0 Å². The Morgan fingerprint density at radius 2 is 1.65 bits per heavy atom. The second kappa shape index (κ2) is 10.2. The van der Waals surface area contributed by atoms with Gasteiger partial charge < -0.3 is 5.32 Å². The zero-order valence-electron chi connectivity index (χ0n) is 19.6. The van der Waals surface area contributed by atoms with Crippen LogP contribution >= 0.6 is 11.8 Å². The van der Waals surface area contributed by atoms with E-state index in [1.54, 1.807) is 12.1 Å². The highest BCUT2D eigenvalue weighted by Gasteiger charge is 2.23. The minimum absolute atomic E-state index is 0.104. The topological polar surface area (TPSA) is 59.8 Å². The molecule has 0 bridgehead atoms. The molecule has 0 fully saturated rings. The van der Waals surface area contributed by atoms with Crippen molar-refractivity contribution in [1.82, 2.24) is 14.8 Å². The number of benzene rings is 3. The molecule has 174 valence electrons. The minimum atomic E-state index is -0.424. The number of halogens is 1. The molecule has 1 aromatic heterocycles. The van der Waals surface area contributed by atoms with Gasteiger partial charge in [-0.1, -0.05) is 62.0 Å². The Kier molecular flexibility index (Phi) is 7.12. The summed E-state index contributed by atoms with van der Waals surface area (Å²) >= 11 is 1.33. The highest BCUT2D eigenvalue weighted by molar-refractivity contribution is 8.00. The standard InChI is InChI=1S/C27H27FN4OS/c1-17(2)23-12-8-9-18(3)24(23)29-26(33)19(4)34-27-31-30-25(20-13-15-21(28)16-14-20)32(27)22-10-6-5-7-11-22/h5-17,19H,1-4H3,(H,29,33). The maximum atomic E-state index is 13.5. The van der Waals surface area contributed by atoms with Crippen molar-refractivity contribution < 1.29 is 9.18 Å². The molecule has 1 heterocycles. The van der Waals surface area contributed by atoms with Crippen LogP contribution in [0.4, 0.5) is 10.1 Å². The SMILES string of the molecule is Cc1cccc(C(C)C)c1NC(=O)C(C)Sc1nnc(-c2ccc(F)cc2)n1-c1ccccc1. The number of hydrogen-bond donors (Lipinski definition) is 1. The Morgan fingerprint density at radius 3 is 2.32 bits per heavy atom. The monoisotopic (exact) mass is 474 g/mol. The maximum absolute atomic E-state index is 13.5. The van der Waals surface area contributed by atoms with Gasteiger partial charge in [0, 0.05) is 16.9 Å². The molecule has 0 saturated heterocycles. The second-order valence-electron chi connectivity index (χ2n) is 8.43. The lowest BCUT2D eigenvalue weighted by molar-refractivity contribution is -0.115. The molecular formula is C27H27FN4OS. The van der Waals surface area contributed by atoms with Gasteiger partial charge in [-0.25, -0.2) is 4.39 Å². The molecule has 3 aromatic carbocycles. The van der Waals surface area contributed by atoms with Crippen LogP contribution in [0.25, 0.3) is 17.1 Å². The van der Waals surface area contributed by atoms with Gasteiger partial charge >= 0.3 is 0 Å². The molecule has 0 saturated carbocycles. The van der Waals surface area contributed by atoms with Gasteiger partial charge in [-0.2, -0.15) is 0 Å². The number of carbonyl (C=O) groups is 1. The molecule has 7 heteroatoms. The fraction of sp³-hybridized carbons (Fsp3) is 0.222. The van der Waals surface area contributed by atoms with E-state index in [1.165, 1.54) is 23.9 Å². The zero-order chi connectivity index (χ0) is 24.2. The summed E-state index contributed by atoms with van der Waals surface area (Å²) in [6.07, 6.45) is 0. The number of para-hydroxylation sites is 2. The first-order valence-corrected chi connectivity index (χ1v) is 12.1. The van der Waals surface area contributed by atoms with E-state index < -0.39 is 5.25 Å². The van der Waals surface area contributed by atoms with Crippen LogP contribution in [0.2, 0.25) is 0 Å². The summed E-state index contributed by atoms with van der Waals surface area (Å²) in [7, 11) is 0. The molecule has 1 N–H and O–H groups in total. The fourth-order valence-electron chi connectivity index (χ4n) is 3.72. The van der Waals surface area contributed by atoms with Crippen LogP contribution in [0.15, 0.2) is 78.0 Å². The normalized spacial score (nSPS) is 12.1. The maximum Gasteiger partial charge on any atom is 0.237 e. The molecule has 5 nitrogen and oxygen atoms in total. The number of nitrogens with one attached hydrogen (secondary N) is 1. The van der Waals surface area contributed by atoms with Crippen LogP contribution in [0.5, 0.6) is 0 Å². The molecule has 1 atom stereocenters. The molecule has 4 aromatic rings. The predicted octanol–water partition coefficient (Wildman–Crippen LogP) is 6.62. The Hall–Kier alpha value is -3.45. The Labute approximate surface area is 203 Å². The molecule has 0 spiro atoms. The highest BCUT2D eigenvalue weighted by atomic mass is 32.2. The smallest absolute Gasteiger partial charge is 0.237 e. The first-order valence-electron chi connectivity index (χ1n) is 11.2. The van der Waals surface area contributed by atoms with E-state index in [0.29, 0.717) is 11.0 Å². The number of aromatic nitrogens is 3. The third kappa shape index (κ3) is 5.04. The van der Waals surface area contributed by atoms with Gasteiger partial charge in [-0.15, -0.1) is 10.2 Å². The summed E-state index contributed by atoms with van der Waals surface area (Å²) in [5.41, 5.74) is 4.61. The van der Waals surface area contributed by atoms with E-state index in [1.807, 2.05) is 66.9 Å². The van der Waals surface area contributed by atoms with Gasteiger partial charge in [0.15, 0.2) is 11.0 Å². The van der Waals surface area contributed by atoms with Crippen LogP contribution < -0.4 is 5.32 Å². The van der Waals surface area contributed by atoms with Gasteiger partial charge in [-0.05, 0) is 67.3 Å². The number of anilines is 1. The number of nitrogens with zero attached hydrogens (tertiary/aromatic N) is 3. The quantitative estimate of drug-likeness (QED) is 0.306. The van der Waals surface area contributed by atoms with Crippen molar-refractivity contribution >= 4 is 23.4 Å². The van der Waals surface area contributed by atoms with Gasteiger partial charge in [0.25, 0.3) is 0 Å². The average Bonchev–Trinajstić information content (AvgIpc) is 3.24. The lowest BCUT2D eigenvalue weighted by Crippen LogP contribution is -2.24. The molecule has 1 unspecified atom stereocenters. The summed E-state index contributed by atoms with van der Waals surface area (Å²) in [6, 6.07) is 21.9.